The molecule has 0 saturated heterocycles. The monoisotopic (exact) mass is 378 g/mol. The first-order valence-corrected chi connectivity index (χ1v) is 6.36. The average molecular weight is 380 g/mol. The van der Waals surface area contributed by atoms with Crippen LogP contribution in [0.25, 0.3) is 0 Å². The van der Waals surface area contributed by atoms with Gasteiger partial charge >= 0.3 is 0 Å². The van der Waals surface area contributed by atoms with Crippen molar-refractivity contribution in [3.8, 4) is 0 Å². The number of aromatic amines is 1. The number of amides is 1. The van der Waals surface area contributed by atoms with Crippen LogP contribution in [0.4, 0.5) is 14.5 Å². The minimum atomic E-state index is -0.846. The molecule has 1 aromatic heterocycles. The molecule has 0 aliphatic heterocycles. The second-order valence-electron chi connectivity index (χ2n) is 3.43. The van der Waals surface area contributed by atoms with Gasteiger partial charge in [0.05, 0.1) is 0 Å². The van der Waals surface area contributed by atoms with Crippen molar-refractivity contribution in [1.82, 2.24) is 4.98 Å². The molecule has 0 spiro atoms. The molecule has 0 bridgehead atoms. The van der Waals surface area contributed by atoms with Crippen molar-refractivity contribution in [1.29, 1.82) is 0 Å². The van der Waals surface area contributed by atoms with E-state index in [2.05, 4.69) is 42.2 Å². The largest absolute Gasteiger partial charge is 0.356 e. The van der Waals surface area contributed by atoms with E-state index in [0.29, 0.717) is 4.47 Å². The Morgan fingerprint density at radius 2 is 1.72 bits per heavy atom. The topological polar surface area (TPSA) is 44.9 Å². The van der Waals surface area contributed by atoms with Gasteiger partial charge in [-0.25, -0.2) is 8.78 Å². The summed E-state index contributed by atoms with van der Waals surface area (Å²) in [6, 6.07) is 3.65. The number of carbonyl (C=O) groups is 1. The van der Waals surface area contributed by atoms with Gasteiger partial charge in [-0.1, -0.05) is 15.9 Å². The van der Waals surface area contributed by atoms with Crippen molar-refractivity contribution in [3.63, 3.8) is 0 Å². The van der Waals surface area contributed by atoms with Gasteiger partial charge in [0, 0.05) is 15.1 Å². The number of rotatable bonds is 2. The van der Waals surface area contributed by atoms with E-state index >= 15 is 0 Å². The molecule has 0 fully saturated rings. The van der Waals surface area contributed by atoms with Gasteiger partial charge in [-0.2, -0.15) is 0 Å². The van der Waals surface area contributed by atoms with Crippen LogP contribution in [-0.2, 0) is 0 Å². The molecule has 0 aliphatic carbocycles. The number of hydrogen-bond acceptors (Lipinski definition) is 1. The van der Waals surface area contributed by atoms with Crippen LogP contribution in [0, 0.1) is 11.6 Å². The molecule has 0 saturated carbocycles. The minimum Gasteiger partial charge on any atom is -0.356 e. The maximum atomic E-state index is 13.5. The second-order valence-corrected chi connectivity index (χ2v) is 5.26. The summed E-state index contributed by atoms with van der Waals surface area (Å²) in [5.74, 6) is -2.32. The molecule has 0 unspecified atom stereocenters. The number of carbonyl (C=O) groups excluding carboxylic acids is 1. The SMILES string of the molecule is O=C(Nc1c(F)cc(Br)cc1F)c1cc(Br)c[nH]1. The molecule has 7 heteroatoms. The third-order valence-corrected chi connectivity index (χ3v) is 3.05. The highest BCUT2D eigenvalue weighted by atomic mass is 79.9. The molecular weight excluding hydrogens is 374 g/mol. The van der Waals surface area contributed by atoms with Crippen molar-refractivity contribution in [2.45, 2.75) is 0 Å². The summed E-state index contributed by atoms with van der Waals surface area (Å²) in [6.45, 7) is 0. The van der Waals surface area contributed by atoms with Crippen LogP contribution < -0.4 is 5.32 Å². The Bertz CT molecular complexity index is 590. The molecule has 18 heavy (non-hydrogen) atoms. The summed E-state index contributed by atoms with van der Waals surface area (Å²) in [7, 11) is 0. The molecule has 1 amide bonds. The lowest BCUT2D eigenvalue weighted by molar-refractivity contribution is 0.102. The highest BCUT2D eigenvalue weighted by Crippen LogP contribution is 2.24. The molecule has 2 rings (SSSR count). The predicted molar refractivity (Wildman–Crippen MR) is 70.5 cm³/mol. The van der Waals surface area contributed by atoms with Crippen molar-refractivity contribution in [2.24, 2.45) is 0 Å². The normalized spacial score (nSPS) is 10.4. The highest BCUT2D eigenvalue weighted by molar-refractivity contribution is 9.10. The number of hydrogen-bond donors (Lipinski definition) is 2. The molecule has 2 N–H and O–H groups in total. The van der Waals surface area contributed by atoms with Gasteiger partial charge in [0.2, 0.25) is 0 Å². The van der Waals surface area contributed by atoms with Crippen LogP contribution in [0.2, 0.25) is 0 Å². The maximum absolute atomic E-state index is 13.5. The lowest BCUT2D eigenvalue weighted by Crippen LogP contribution is -2.14. The fourth-order valence-electron chi connectivity index (χ4n) is 1.34. The number of H-pyrrole nitrogens is 1. The first-order chi connectivity index (χ1) is 8.47. The third-order valence-electron chi connectivity index (χ3n) is 2.14. The average Bonchev–Trinajstić information content (AvgIpc) is 2.70. The van der Waals surface area contributed by atoms with E-state index in [0.717, 1.165) is 12.1 Å². The van der Waals surface area contributed by atoms with Crippen molar-refractivity contribution >= 4 is 43.5 Å². The van der Waals surface area contributed by atoms with Crippen LogP contribution in [0.3, 0.4) is 0 Å². The highest BCUT2D eigenvalue weighted by Gasteiger charge is 2.15. The molecule has 1 heterocycles. The lowest BCUT2D eigenvalue weighted by Gasteiger charge is -2.07. The zero-order chi connectivity index (χ0) is 13.3. The van der Waals surface area contributed by atoms with E-state index in [1.165, 1.54) is 6.07 Å². The fraction of sp³-hybridized carbons (Fsp3) is 0. The Balaban J connectivity index is 2.27. The van der Waals surface area contributed by atoms with E-state index in [1.807, 2.05) is 0 Å². The summed E-state index contributed by atoms with van der Waals surface area (Å²) in [4.78, 5) is 14.4. The van der Waals surface area contributed by atoms with E-state index in [4.69, 9.17) is 0 Å². The number of nitrogens with one attached hydrogen (secondary N) is 2. The molecule has 0 aliphatic rings. The van der Waals surface area contributed by atoms with E-state index in [9.17, 15) is 13.6 Å². The quantitative estimate of drug-likeness (QED) is 0.811. The minimum absolute atomic E-state index is 0.198. The predicted octanol–water partition coefficient (Wildman–Crippen LogP) is 4.07. The summed E-state index contributed by atoms with van der Waals surface area (Å²) in [5, 5.41) is 2.17. The zero-order valence-corrected chi connectivity index (χ0v) is 11.9. The van der Waals surface area contributed by atoms with Gasteiger partial charge in [0.1, 0.15) is 11.4 Å². The van der Waals surface area contributed by atoms with Crippen LogP contribution in [0.5, 0.6) is 0 Å². The van der Waals surface area contributed by atoms with Crippen LogP contribution in [-0.4, -0.2) is 10.9 Å². The Labute approximate surface area is 118 Å². The Kier molecular flexibility index (Phi) is 3.82. The standard InChI is InChI=1S/C11H6Br2F2N2O/c12-5-1-7(14)10(8(15)2-5)17-11(18)9-3-6(13)4-16-9/h1-4,16H,(H,17,18). The van der Waals surface area contributed by atoms with Crippen LogP contribution in [0.15, 0.2) is 33.3 Å². The Morgan fingerprint density at radius 3 is 2.22 bits per heavy atom. The van der Waals surface area contributed by atoms with Gasteiger partial charge in [-0.15, -0.1) is 0 Å². The molecule has 3 nitrogen and oxygen atoms in total. The molecule has 0 radical (unpaired) electrons. The smallest absolute Gasteiger partial charge is 0.272 e. The number of anilines is 1. The van der Waals surface area contributed by atoms with E-state index in [-0.39, 0.29) is 10.2 Å². The number of benzene rings is 1. The first kappa shape index (κ1) is 13.2. The van der Waals surface area contributed by atoms with Gasteiger partial charge < -0.3 is 10.3 Å². The first-order valence-electron chi connectivity index (χ1n) is 4.77. The van der Waals surface area contributed by atoms with Gasteiger partial charge in [0.25, 0.3) is 5.91 Å². The molecule has 1 aromatic carbocycles. The number of aromatic nitrogens is 1. The van der Waals surface area contributed by atoms with Gasteiger partial charge in [-0.05, 0) is 34.1 Å². The molecule has 94 valence electrons. The van der Waals surface area contributed by atoms with Crippen LogP contribution >= 0.6 is 31.9 Å². The Hall–Kier alpha value is -1.21. The summed E-state index contributed by atoms with van der Waals surface area (Å²) >= 11 is 6.12. The van der Waals surface area contributed by atoms with Crippen molar-refractivity contribution < 1.29 is 13.6 Å². The Morgan fingerprint density at radius 1 is 1.11 bits per heavy atom. The summed E-state index contributed by atoms with van der Waals surface area (Å²) < 4.78 is 27.9. The molecule has 2 aromatic rings. The lowest BCUT2D eigenvalue weighted by atomic mass is 10.2. The summed E-state index contributed by atoms with van der Waals surface area (Å²) in [5.41, 5.74) is -0.280. The molecule has 0 atom stereocenters. The summed E-state index contributed by atoms with van der Waals surface area (Å²) in [6.07, 6.45) is 1.54. The zero-order valence-electron chi connectivity index (χ0n) is 8.73. The maximum Gasteiger partial charge on any atom is 0.272 e. The number of halogens is 4. The van der Waals surface area contributed by atoms with Gasteiger partial charge in [-0.3, -0.25) is 4.79 Å². The van der Waals surface area contributed by atoms with Crippen molar-refractivity contribution in [3.05, 3.63) is 50.7 Å². The van der Waals surface area contributed by atoms with E-state index in [1.54, 1.807) is 6.20 Å². The third kappa shape index (κ3) is 2.78. The van der Waals surface area contributed by atoms with E-state index < -0.39 is 23.2 Å². The van der Waals surface area contributed by atoms with Crippen LogP contribution in [0.1, 0.15) is 10.5 Å². The second kappa shape index (κ2) is 5.19. The van der Waals surface area contributed by atoms with Gasteiger partial charge in [0.15, 0.2) is 11.6 Å². The fourth-order valence-corrected chi connectivity index (χ4v) is 2.09. The van der Waals surface area contributed by atoms with Crippen molar-refractivity contribution in [2.75, 3.05) is 5.32 Å². The molecular formula is C11H6Br2F2N2O.